The van der Waals surface area contributed by atoms with Gasteiger partial charge in [-0.1, -0.05) is 74.9 Å². The summed E-state index contributed by atoms with van der Waals surface area (Å²) in [6.07, 6.45) is 21.3. The molecule has 4 aromatic carbocycles. The summed E-state index contributed by atoms with van der Waals surface area (Å²) in [5.74, 6) is 2.61. The van der Waals surface area contributed by atoms with Gasteiger partial charge in [0.1, 0.15) is 47.3 Å². The Kier molecular flexibility index (Phi) is 15.7. The van der Waals surface area contributed by atoms with Crippen molar-refractivity contribution >= 4 is 0 Å². The fourth-order valence-corrected chi connectivity index (χ4v) is 5.83. The minimum atomic E-state index is 0.322. The van der Waals surface area contributed by atoms with Crippen molar-refractivity contribution < 1.29 is 9.47 Å². The summed E-state index contributed by atoms with van der Waals surface area (Å²) in [7, 11) is 0. The molecule has 0 fully saturated rings. The molecule has 0 atom stereocenters. The summed E-state index contributed by atoms with van der Waals surface area (Å²) in [6.45, 7) is 0. The van der Waals surface area contributed by atoms with E-state index >= 15 is 0 Å². The van der Waals surface area contributed by atoms with E-state index in [-0.39, 0.29) is 0 Å². The van der Waals surface area contributed by atoms with E-state index in [9.17, 15) is 10.5 Å². The fraction of sp³-hybridized carbons (Fsp3) is 0.318. The Morgan fingerprint density at radius 2 is 0.780 bits per heavy atom. The maximum atomic E-state index is 9.25. The zero-order valence-corrected chi connectivity index (χ0v) is 28.7. The summed E-state index contributed by atoms with van der Waals surface area (Å²) in [5.41, 5.74) is 3.84. The van der Waals surface area contributed by atoms with Gasteiger partial charge in [-0.05, 0) is 123 Å². The van der Waals surface area contributed by atoms with Gasteiger partial charge < -0.3 is 9.47 Å². The summed E-state index contributed by atoms with van der Waals surface area (Å²) in [5, 5.41) is 36.7. The third kappa shape index (κ3) is 12.7. The van der Waals surface area contributed by atoms with E-state index in [1.807, 2.05) is 36.4 Å². The predicted molar refractivity (Wildman–Crippen MR) is 197 cm³/mol. The Balaban J connectivity index is 0.986. The van der Waals surface area contributed by atoms with Crippen molar-refractivity contribution in [2.24, 2.45) is 0 Å². The molecule has 6 heteroatoms. The molecule has 0 saturated heterocycles. The third-order valence-corrected chi connectivity index (χ3v) is 8.57. The van der Waals surface area contributed by atoms with Crippen LogP contribution in [0.15, 0.2) is 97.1 Å². The molecule has 0 spiro atoms. The van der Waals surface area contributed by atoms with E-state index in [4.69, 9.17) is 20.0 Å². The minimum absolute atomic E-state index is 0.322. The van der Waals surface area contributed by atoms with Gasteiger partial charge in [-0.3, -0.25) is 0 Å². The van der Waals surface area contributed by atoms with Crippen LogP contribution in [-0.4, -0.2) is 0 Å². The molecule has 0 aliphatic heterocycles. The average Bonchev–Trinajstić information content (AvgIpc) is 3.14. The number of rotatable bonds is 20. The van der Waals surface area contributed by atoms with E-state index < -0.39 is 0 Å². The molecular formula is C44H44N4O2. The van der Waals surface area contributed by atoms with Crippen LogP contribution < -0.4 is 9.47 Å². The second kappa shape index (κ2) is 21.2. The zero-order chi connectivity index (χ0) is 35.2. The number of aryl methyl sites for hydroxylation is 2. The van der Waals surface area contributed by atoms with Crippen molar-refractivity contribution in [1.82, 2.24) is 0 Å². The van der Waals surface area contributed by atoms with Crippen LogP contribution in [0, 0.1) is 45.3 Å². The van der Waals surface area contributed by atoms with Gasteiger partial charge >= 0.3 is 0 Å². The number of hydrogen-bond acceptors (Lipinski definition) is 6. The van der Waals surface area contributed by atoms with Crippen LogP contribution in [0.25, 0.3) is 0 Å². The van der Waals surface area contributed by atoms with Gasteiger partial charge in [-0.2, -0.15) is 21.0 Å². The highest BCUT2D eigenvalue weighted by Gasteiger charge is 2.07. The van der Waals surface area contributed by atoms with Crippen molar-refractivity contribution in [2.75, 3.05) is 0 Å². The first-order valence-electron chi connectivity index (χ1n) is 17.7. The van der Waals surface area contributed by atoms with Gasteiger partial charge in [0.15, 0.2) is 0 Å². The third-order valence-electron chi connectivity index (χ3n) is 8.57. The monoisotopic (exact) mass is 660 g/mol. The summed E-state index contributed by atoms with van der Waals surface area (Å²) in [4.78, 5) is 0. The van der Waals surface area contributed by atoms with E-state index in [0.717, 1.165) is 50.0 Å². The van der Waals surface area contributed by atoms with Gasteiger partial charge in [-0.15, -0.1) is 0 Å². The van der Waals surface area contributed by atoms with Crippen molar-refractivity contribution in [2.45, 2.75) is 89.9 Å². The number of ether oxygens (including phenoxy) is 2. The van der Waals surface area contributed by atoms with E-state index in [2.05, 4.69) is 48.6 Å². The zero-order valence-electron chi connectivity index (χ0n) is 28.7. The lowest BCUT2D eigenvalue weighted by Crippen LogP contribution is -1.91. The molecule has 0 heterocycles. The first-order chi connectivity index (χ1) is 24.6. The van der Waals surface area contributed by atoms with Crippen molar-refractivity contribution in [3.63, 3.8) is 0 Å². The maximum Gasteiger partial charge on any atom is 0.128 e. The van der Waals surface area contributed by atoms with Crippen LogP contribution in [-0.2, 0) is 12.8 Å². The van der Waals surface area contributed by atoms with Crippen molar-refractivity contribution in [3.05, 3.63) is 130 Å². The van der Waals surface area contributed by atoms with Gasteiger partial charge in [0.05, 0.1) is 22.3 Å². The molecular weight excluding hydrogens is 617 g/mol. The standard InChI is InChI=1S/C44H44N4O2/c45-31-37-23-25-43(29-39(37)33-47)49-41-21-15-19-35(27-41)17-13-11-9-7-5-3-1-2-4-6-8-10-12-14-18-36-20-16-22-42(28-36)50-44-26-24-38(32-46)40(30-44)34-48/h1-2,15-16,19-30H,3-14,17-18H2/b2-1+. The van der Waals surface area contributed by atoms with Crippen molar-refractivity contribution in [1.29, 1.82) is 21.0 Å². The van der Waals surface area contributed by atoms with Crippen LogP contribution >= 0.6 is 0 Å². The molecule has 0 aliphatic carbocycles. The van der Waals surface area contributed by atoms with E-state index in [1.54, 1.807) is 36.4 Å². The van der Waals surface area contributed by atoms with Gasteiger partial charge in [0.25, 0.3) is 0 Å². The Labute approximate surface area is 297 Å². The van der Waals surface area contributed by atoms with Crippen LogP contribution in [0.3, 0.4) is 0 Å². The molecule has 0 bridgehead atoms. The molecule has 0 unspecified atom stereocenters. The minimum Gasteiger partial charge on any atom is -0.457 e. The highest BCUT2D eigenvalue weighted by atomic mass is 16.5. The molecule has 0 amide bonds. The second-order valence-electron chi connectivity index (χ2n) is 12.4. The largest absolute Gasteiger partial charge is 0.457 e. The molecule has 0 N–H and O–H groups in total. The molecule has 0 aromatic heterocycles. The van der Waals surface area contributed by atoms with Gasteiger partial charge in [-0.25, -0.2) is 0 Å². The molecule has 4 aromatic rings. The molecule has 252 valence electrons. The van der Waals surface area contributed by atoms with Crippen LogP contribution in [0.2, 0.25) is 0 Å². The first kappa shape index (κ1) is 37.0. The van der Waals surface area contributed by atoms with Gasteiger partial charge in [0.2, 0.25) is 0 Å². The number of hydrogen-bond donors (Lipinski definition) is 0. The lowest BCUT2D eigenvalue weighted by atomic mass is 10.0. The molecule has 0 radical (unpaired) electrons. The quantitative estimate of drug-likeness (QED) is 0.0688. The summed E-state index contributed by atoms with van der Waals surface area (Å²) < 4.78 is 11.9. The average molecular weight is 661 g/mol. The number of benzene rings is 4. The first-order valence-corrected chi connectivity index (χ1v) is 17.7. The van der Waals surface area contributed by atoms with Crippen LogP contribution in [0.5, 0.6) is 23.0 Å². The molecule has 4 rings (SSSR count). The second-order valence-corrected chi connectivity index (χ2v) is 12.4. The van der Waals surface area contributed by atoms with Crippen molar-refractivity contribution in [3.8, 4) is 47.3 Å². The molecule has 0 aliphatic rings. The lowest BCUT2D eigenvalue weighted by molar-refractivity contribution is 0.481. The Hall–Kier alpha value is -5.82. The number of allylic oxidation sites excluding steroid dienone is 2. The maximum absolute atomic E-state index is 9.25. The lowest BCUT2D eigenvalue weighted by Gasteiger charge is -2.09. The van der Waals surface area contributed by atoms with E-state index in [1.165, 1.54) is 62.5 Å². The van der Waals surface area contributed by atoms with Crippen LogP contribution in [0.4, 0.5) is 0 Å². The Morgan fingerprint density at radius 1 is 0.400 bits per heavy atom. The van der Waals surface area contributed by atoms with Crippen LogP contribution in [0.1, 0.15) is 110 Å². The highest BCUT2D eigenvalue weighted by Crippen LogP contribution is 2.27. The molecule has 50 heavy (non-hydrogen) atoms. The fourth-order valence-electron chi connectivity index (χ4n) is 5.83. The SMILES string of the molecule is N#Cc1ccc(Oc2cccc(CCCCCCC/C=C/CCCCCCCc3cccc(Oc4ccc(C#N)c(C#N)c4)c3)c2)cc1C#N. The van der Waals surface area contributed by atoms with Gasteiger partial charge in [0, 0.05) is 0 Å². The summed E-state index contributed by atoms with van der Waals surface area (Å²) in [6, 6.07) is 34.3. The molecule has 0 saturated carbocycles. The topological polar surface area (TPSA) is 114 Å². The smallest absolute Gasteiger partial charge is 0.128 e. The number of nitrogens with zero attached hydrogens (tertiary/aromatic N) is 4. The number of nitriles is 4. The Bertz CT molecular complexity index is 1750. The summed E-state index contributed by atoms with van der Waals surface area (Å²) >= 11 is 0. The number of unbranched alkanes of at least 4 members (excludes halogenated alkanes) is 10. The Morgan fingerprint density at radius 3 is 1.20 bits per heavy atom. The highest BCUT2D eigenvalue weighted by molar-refractivity contribution is 5.51. The van der Waals surface area contributed by atoms with E-state index in [0.29, 0.717) is 33.8 Å². The normalized spacial score (nSPS) is 10.6. The molecule has 6 nitrogen and oxygen atoms in total. The predicted octanol–water partition coefficient (Wildman–Crippen LogP) is 11.8.